The Morgan fingerprint density at radius 1 is 1.03 bits per heavy atom. The van der Waals surface area contributed by atoms with E-state index in [1.807, 2.05) is 19.9 Å². The average Bonchev–Trinajstić information content (AvgIpc) is 3.13. The Bertz CT molecular complexity index is 1150. The van der Waals surface area contributed by atoms with Gasteiger partial charge in [0.1, 0.15) is 0 Å². The molecule has 1 heterocycles. The second-order valence-corrected chi connectivity index (χ2v) is 8.82. The topological polar surface area (TPSA) is 101 Å². The zero-order valence-corrected chi connectivity index (χ0v) is 16.9. The molecule has 0 saturated heterocycles. The van der Waals surface area contributed by atoms with Gasteiger partial charge in [-0.05, 0) is 61.4 Å². The van der Waals surface area contributed by atoms with E-state index in [0.29, 0.717) is 17.0 Å². The van der Waals surface area contributed by atoms with Gasteiger partial charge in [-0.15, -0.1) is 10.2 Å². The van der Waals surface area contributed by atoms with Crippen molar-refractivity contribution in [3.63, 3.8) is 0 Å². The van der Waals surface area contributed by atoms with Crippen molar-refractivity contribution < 1.29 is 22.0 Å². The zero-order chi connectivity index (χ0) is 21.2. The number of aryl methyl sites for hydroxylation is 2. The van der Waals surface area contributed by atoms with Gasteiger partial charge in [-0.25, -0.2) is 17.2 Å². The molecule has 7 nitrogen and oxygen atoms in total. The highest BCUT2D eigenvalue weighted by molar-refractivity contribution is 7.92. The summed E-state index contributed by atoms with van der Waals surface area (Å²) in [7, 11) is -3.84. The van der Waals surface area contributed by atoms with Crippen molar-refractivity contribution >= 4 is 38.1 Å². The van der Waals surface area contributed by atoms with Crippen LogP contribution in [0, 0.1) is 13.8 Å². The standard InChI is InChI=1S/C18H16F2N4O3S2/c1-10-3-6-13(9-11(10)2)24-29(26,27)14-7-4-12(5-8-14)16(25)21-18-23-22-17(28-18)15(19)20/h3-9,15,24H,1-2H3,(H,21,23,25). The lowest BCUT2D eigenvalue weighted by Gasteiger charge is -2.10. The fourth-order valence-corrected chi connectivity index (χ4v) is 3.99. The molecular weight excluding hydrogens is 422 g/mol. The van der Waals surface area contributed by atoms with Gasteiger partial charge in [-0.1, -0.05) is 17.4 Å². The highest BCUT2D eigenvalue weighted by Crippen LogP contribution is 2.25. The van der Waals surface area contributed by atoms with Gasteiger partial charge in [0.2, 0.25) is 5.13 Å². The second-order valence-electron chi connectivity index (χ2n) is 6.13. The molecule has 0 aliphatic rings. The number of nitrogens with one attached hydrogen (secondary N) is 2. The van der Waals surface area contributed by atoms with Crippen molar-refractivity contribution in [2.24, 2.45) is 0 Å². The van der Waals surface area contributed by atoms with Crippen molar-refractivity contribution in [1.29, 1.82) is 0 Å². The Hall–Kier alpha value is -2.92. The molecular formula is C18H16F2N4O3S2. The number of halogens is 2. The summed E-state index contributed by atoms with van der Waals surface area (Å²) in [4.78, 5) is 12.2. The average molecular weight is 438 g/mol. The molecule has 29 heavy (non-hydrogen) atoms. The van der Waals surface area contributed by atoms with Crippen LogP contribution in [0.2, 0.25) is 0 Å². The van der Waals surface area contributed by atoms with Crippen LogP contribution < -0.4 is 10.0 Å². The molecule has 3 rings (SSSR count). The van der Waals surface area contributed by atoms with Gasteiger partial charge in [-0.3, -0.25) is 14.8 Å². The summed E-state index contributed by atoms with van der Waals surface area (Å²) < 4.78 is 52.6. The number of aromatic nitrogens is 2. The molecule has 0 radical (unpaired) electrons. The lowest BCUT2D eigenvalue weighted by Crippen LogP contribution is -2.15. The quantitative estimate of drug-likeness (QED) is 0.602. The van der Waals surface area contributed by atoms with Gasteiger partial charge >= 0.3 is 0 Å². The SMILES string of the molecule is Cc1ccc(NS(=O)(=O)c2ccc(C(=O)Nc3nnc(C(F)F)s3)cc2)cc1C. The van der Waals surface area contributed by atoms with E-state index < -0.39 is 27.4 Å². The Morgan fingerprint density at radius 2 is 1.72 bits per heavy atom. The molecule has 0 bridgehead atoms. The maximum Gasteiger partial charge on any atom is 0.291 e. The van der Waals surface area contributed by atoms with Crippen LogP contribution in [0.1, 0.15) is 32.9 Å². The van der Waals surface area contributed by atoms with Crippen LogP contribution in [0.15, 0.2) is 47.4 Å². The number of alkyl halides is 2. The van der Waals surface area contributed by atoms with E-state index in [0.717, 1.165) is 11.1 Å². The Morgan fingerprint density at radius 3 is 2.31 bits per heavy atom. The number of benzene rings is 2. The van der Waals surface area contributed by atoms with Crippen LogP contribution in [-0.2, 0) is 10.0 Å². The molecule has 2 N–H and O–H groups in total. The van der Waals surface area contributed by atoms with E-state index in [1.54, 1.807) is 12.1 Å². The van der Waals surface area contributed by atoms with Crippen molar-refractivity contribution in [1.82, 2.24) is 10.2 Å². The third-order valence-corrected chi connectivity index (χ3v) is 6.28. The summed E-state index contributed by atoms with van der Waals surface area (Å²) in [5.41, 5.74) is 2.56. The van der Waals surface area contributed by atoms with Crippen LogP contribution in [0.5, 0.6) is 0 Å². The Kier molecular flexibility index (Phi) is 5.89. The maximum absolute atomic E-state index is 12.5. The fourth-order valence-electron chi connectivity index (χ4n) is 2.35. The van der Waals surface area contributed by atoms with Crippen LogP contribution >= 0.6 is 11.3 Å². The van der Waals surface area contributed by atoms with Gasteiger partial charge < -0.3 is 0 Å². The molecule has 11 heteroatoms. The van der Waals surface area contributed by atoms with Gasteiger partial charge in [0, 0.05) is 11.3 Å². The molecule has 152 valence electrons. The summed E-state index contributed by atoms with van der Waals surface area (Å²) in [5.74, 6) is -0.618. The first kappa shape index (κ1) is 20.8. The third kappa shape index (κ3) is 4.93. The Balaban J connectivity index is 1.72. The monoisotopic (exact) mass is 438 g/mol. The van der Waals surface area contributed by atoms with E-state index in [2.05, 4.69) is 20.2 Å². The number of anilines is 2. The van der Waals surface area contributed by atoms with E-state index in [9.17, 15) is 22.0 Å². The summed E-state index contributed by atoms with van der Waals surface area (Å²) in [6, 6.07) is 10.4. The molecule has 0 unspecified atom stereocenters. The number of hydrogen-bond donors (Lipinski definition) is 2. The van der Waals surface area contributed by atoms with Gasteiger partial charge in [0.05, 0.1) is 4.90 Å². The van der Waals surface area contributed by atoms with E-state index in [1.165, 1.54) is 24.3 Å². The molecule has 1 aromatic heterocycles. The van der Waals surface area contributed by atoms with Crippen LogP contribution in [0.25, 0.3) is 0 Å². The lowest BCUT2D eigenvalue weighted by atomic mass is 10.1. The molecule has 0 aliphatic carbocycles. The number of carbonyl (C=O) groups excluding carboxylic acids is 1. The third-order valence-electron chi connectivity index (χ3n) is 4.03. The van der Waals surface area contributed by atoms with Gasteiger partial charge in [0.15, 0.2) is 5.01 Å². The smallest absolute Gasteiger partial charge is 0.291 e. The van der Waals surface area contributed by atoms with Crippen molar-refractivity contribution in [2.45, 2.75) is 25.2 Å². The van der Waals surface area contributed by atoms with Crippen LogP contribution in [0.3, 0.4) is 0 Å². The number of nitrogens with zero attached hydrogens (tertiary/aromatic N) is 2. The van der Waals surface area contributed by atoms with E-state index in [-0.39, 0.29) is 15.6 Å². The van der Waals surface area contributed by atoms with Crippen LogP contribution in [0.4, 0.5) is 19.6 Å². The zero-order valence-electron chi connectivity index (χ0n) is 15.3. The van der Waals surface area contributed by atoms with Crippen molar-refractivity contribution in [3.05, 3.63) is 64.2 Å². The van der Waals surface area contributed by atoms with E-state index in [4.69, 9.17) is 0 Å². The molecule has 0 spiro atoms. The van der Waals surface area contributed by atoms with Gasteiger partial charge in [-0.2, -0.15) is 0 Å². The number of hydrogen-bond acceptors (Lipinski definition) is 6. The first-order valence-electron chi connectivity index (χ1n) is 8.29. The first-order chi connectivity index (χ1) is 13.7. The fraction of sp³-hybridized carbons (Fsp3) is 0.167. The second kappa shape index (κ2) is 8.21. The highest BCUT2D eigenvalue weighted by Gasteiger charge is 2.18. The molecule has 3 aromatic rings. The summed E-state index contributed by atoms with van der Waals surface area (Å²) >= 11 is 0.565. The summed E-state index contributed by atoms with van der Waals surface area (Å²) in [5, 5.41) is 8.53. The molecule has 1 amide bonds. The number of sulfonamides is 1. The first-order valence-corrected chi connectivity index (χ1v) is 10.6. The highest BCUT2D eigenvalue weighted by atomic mass is 32.2. The lowest BCUT2D eigenvalue weighted by molar-refractivity contribution is 0.102. The molecule has 0 fully saturated rings. The maximum atomic E-state index is 12.5. The number of amides is 1. The molecule has 0 aliphatic heterocycles. The normalized spacial score (nSPS) is 11.5. The van der Waals surface area contributed by atoms with E-state index >= 15 is 0 Å². The predicted molar refractivity (Wildman–Crippen MR) is 106 cm³/mol. The predicted octanol–water partition coefficient (Wildman–Crippen LogP) is 4.15. The summed E-state index contributed by atoms with van der Waals surface area (Å²) in [6.45, 7) is 3.80. The van der Waals surface area contributed by atoms with Crippen LogP contribution in [-0.4, -0.2) is 24.5 Å². The number of rotatable bonds is 6. The van der Waals surface area contributed by atoms with Crippen molar-refractivity contribution in [3.8, 4) is 0 Å². The number of carbonyl (C=O) groups is 1. The largest absolute Gasteiger partial charge is 0.296 e. The molecule has 0 saturated carbocycles. The minimum atomic E-state index is -3.84. The molecule has 0 atom stereocenters. The summed E-state index contributed by atoms with van der Waals surface area (Å²) in [6.07, 6.45) is -2.77. The minimum Gasteiger partial charge on any atom is -0.296 e. The molecule has 2 aromatic carbocycles. The van der Waals surface area contributed by atoms with Crippen molar-refractivity contribution in [2.75, 3.05) is 10.0 Å². The minimum absolute atomic E-state index is 0.0248. The van der Waals surface area contributed by atoms with Gasteiger partial charge in [0.25, 0.3) is 22.4 Å². The Labute approximate surface area is 169 Å².